The normalized spacial score (nSPS) is 26.4. The molecule has 3 nitrogen and oxygen atoms in total. The van der Waals surface area contributed by atoms with Gasteiger partial charge in [-0.3, -0.25) is 9.59 Å². The van der Waals surface area contributed by atoms with Gasteiger partial charge < -0.3 is 5.11 Å². The van der Waals surface area contributed by atoms with Crippen LogP contribution in [-0.2, 0) is 9.59 Å². The molecule has 3 atom stereocenters. The van der Waals surface area contributed by atoms with Crippen molar-refractivity contribution in [2.75, 3.05) is 0 Å². The summed E-state index contributed by atoms with van der Waals surface area (Å²) in [6, 6.07) is 0. The SMILES string of the molecule is CC1=C(/C=C/C(C)=C/C=C/C(C)=C/C=C/C=C(C)/C=C/C=C(\C)C=CC2C(C)C(=O)C(=O)CC2(C)C)C(C)(C)CC(O)C1. The molecule has 1 fully saturated rings. The topological polar surface area (TPSA) is 54.4 Å². The lowest BCUT2D eigenvalue weighted by atomic mass is 9.63. The predicted octanol–water partition coefficient (Wildman–Crippen LogP) is 9.87. The Morgan fingerprint density at radius 3 is 1.79 bits per heavy atom. The number of ketones is 2. The average Bonchev–Trinajstić information content (AvgIpc) is 2.88. The fourth-order valence-corrected chi connectivity index (χ4v) is 6.13. The summed E-state index contributed by atoms with van der Waals surface area (Å²) in [5.74, 6) is -0.701. The molecule has 0 aromatic heterocycles. The van der Waals surface area contributed by atoms with E-state index in [0.29, 0.717) is 6.42 Å². The molecule has 0 heterocycles. The molecular formula is C40H54O3. The summed E-state index contributed by atoms with van der Waals surface area (Å²) in [4.78, 5) is 24.2. The molecule has 0 amide bonds. The zero-order valence-corrected chi connectivity index (χ0v) is 28.2. The van der Waals surface area contributed by atoms with E-state index in [0.717, 1.165) is 24.0 Å². The number of rotatable bonds is 10. The molecule has 0 spiro atoms. The summed E-state index contributed by atoms with van der Waals surface area (Å²) in [6.07, 6.45) is 30.9. The number of Topliss-reactive ketones (excluding diaryl/α,β-unsaturated/α-hetero) is 2. The number of aliphatic hydroxyl groups excluding tert-OH is 1. The van der Waals surface area contributed by atoms with E-state index in [4.69, 9.17) is 0 Å². The summed E-state index contributed by atoms with van der Waals surface area (Å²) >= 11 is 0. The first-order valence-electron chi connectivity index (χ1n) is 15.6. The van der Waals surface area contributed by atoms with E-state index in [9.17, 15) is 14.7 Å². The van der Waals surface area contributed by atoms with Crippen molar-refractivity contribution in [3.05, 3.63) is 119 Å². The van der Waals surface area contributed by atoms with Crippen molar-refractivity contribution in [2.45, 2.75) is 94.6 Å². The molecule has 232 valence electrons. The van der Waals surface area contributed by atoms with E-state index in [1.807, 2.05) is 32.1 Å². The average molecular weight is 583 g/mol. The summed E-state index contributed by atoms with van der Waals surface area (Å²) in [5.41, 5.74) is 6.99. The molecule has 3 heteroatoms. The second-order valence-electron chi connectivity index (χ2n) is 13.8. The molecule has 0 aromatic carbocycles. The second-order valence-corrected chi connectivity index (χ2v) is 13.8. The third-order valence-corrected chi connectivity index (χ3v) is 8.57. The summed E-state index contributed by atoms with van der Waals surface area (Å²) in [7, 11) is 0. The number of aliphatic hydroxyl groups is 1. The smallest absolute Gasteiger partial charge is 0.201 e. The van der Waals surface area contributed by atoms with Gasteiger partial charge in [0.05, 0.1) is 6.10 Å². The highest BCUT2D eigenvalue weighted by molar-refractivity contribution is 6.38. The van der Waals surface area contributed by atoms with Gasteiger partial charge in [0.1, 0.15) is 0 Å². The lowest BCUT2D eigenvalue weighted by Gasteiger charge is -2.39. The zero-order chi connectivity index (χ0) is 32.4. The molecule has 1 saturated carbocycles. The monoisotopic (exact) mass is 582 g/mol. The first-order chi connectivity index (χ1) is 20.0. The molecule has 0 radical (unpaired) electrons. The van der Waals surface area contributed by atoms with E-state index in [1.165, 1.54) is 22.3 Å². The highest BCUT2D eigenvalue weighted by atomic mass is 16.3. The largest absolute Gasteiger partial charge is 0.393 e. The molecule has 1 N–H and O–H groups in total. The fourth-order valence-electron chi connectivity index (χ4n) is 6.13. The summed E-state index contributed by atoms with van der Waals surface area (Å²) < 4.78 is 0. The van der Waals surface area contributed by atoms with Crippen molar-refractivity contribution in [3.63, 3.8) is 0 Å². The van der Waals surface area contributed by atoms with Gasteiger partial charge in [-0.2, -0.15) is 0 Å². The first kappa shape index (κ1) is 35.9. The van der Waals surface area contributed by atoms with Crippen molar-refractivity contribution in [2.24, 2.45) is 22.7 Å². The second kappa shape index (κ2) is 16.0. The minimum Gasteiger partial charge on any atom is -0.393 e. The maximum Gasteiger partial charge on any atom is 0.201 e. The van der Waals surface area contributed by atoms with E-state index >= 15 is 0 Å². The molecule has 0 bridgehead atoms. The number of hydrogen-bond donors (Lipinski definition) is 1. The Labute approximate surface area is 261 Å². The number of hydrogen-bond acceptors (Lipinski definition) is 3. The van der Waals surface area contributed by atoms with Crippen LogP contribution >= 0.6 is 0 Å². The van der Waals surface area contributed by atoms with Gasteiger partial charge in [-0.05, 0) is 69.8 Å². The lowest BCUT2D eigenvalue weighted by molar-refractivity contribution is -0.145. The van der Waals surface area contributed by atoms with Crippen LogP contribution < -0.4 is 0 Å². The standard InChI is InChI=1S/C40H54O3/c1-28(17-13-19-30(3)21-23-35-32(5)25-34(41)26-39(35,7)8)15-11-12-16-29(2)18-14-20-31(4)22-24-36-33(6)38(43)37(42)27-40(36,9)10/h11-24,33-34,36,41H,25-27H2,1-10H3/b12-11+,17-13+,18-14+,23-21+,24-22?,28-15+,29-16+,30-19+,31-20+. The van der Waals surface area contributed by atoms with Crippen LogP contribution in [0.15, 0.2) is 119 Å². The molecular weight excluding hydrogens is 528 g/mol. The van der Waals surface area contributed by atoms with Gasteiger partial charge in [-0.25, -0.2) is 0 Å². The Kier molecular flexibility index (Phi) is 13.3. The van der Waals surface area contributed by atoms with Gasteiger partial charge in [-0.1, -0.05) is 148 Å². The molecule has 0 saturated heterocycles. The van der Waals surface area contributed by atoms with Crippen LogP contribution in [0.25, 0.3) is 0 Å². The third kappa shape index (κ3) is 11.4. The Morgan fingerprint density at radius 2 is 1.26 bits per heavy atom. The van der Waals surface area contributed by atoms with Gasteiger partial charge >= 0.3 is 0 Å². The van der Waals surface area contributed by atoms with Gasteiger partial charge in [0, 0.05) is 12.3 Å². The van der Waals surface area contributed by atoms with Crippen LogP contribution in [0, 0.1) is 22.7 Å². The molecule has 2 rings (SSSR count). The van der Waals surface area contributed by atoms with Crippen LogP contribution in [0.3, 0.4) is 0 Å². The van der Waals surface area contributed by atoms with Gasteiger partial charge in [-0.15, -0.1) is 0 Å². The number of carbonyl (C=O) groups excluding carboxylic acids is 2. The van der Waals surface area contributed by atoms with Crippen molar-refractivity contribution in [3.8, 4) is 0 Å². The summed E-state index contributed by atoms with van der Waals surface area (Å²) in [5, 5.41) is 10.1. The Bertz CT molecular complexity index is 1340. The van der Waals surface area contributed by atoms with Gasteiger partial charge in [0.15, 0.2) is 5.78 Å². The quantitative estimate of drug-likeness (QED) is 0.206. The molecule has 2 aliphatic rings. The third-order valence-electron chi connectivity index (χ3n) is 8.57. The van der Waals surface area contributed by atoms with Crippen molar-refractivity contribution in [1.29, 1.82) is 0 Å². The Morgan fingerprint density at radius 1 is 0.767 bits per heavy atom. The van der Waals surface area contributed by atoms with Crippen molar-refractivity contribution < 1.29 is 14.7 Å². The van der Waals surface area contributed by atoms with Crippen molar-refractivity contribution in [1.82, 2.24) is 0 Å². The van der Waals surface area contributed by atoms with E-state index in [-0.39, 0.29) is 40.3 Å². The van der Waals surface area contributed by atoms with Gasteiger partial charge in [0.25, 0.3) is 0 Å². The number of allylic oxidation sites excluding steroid dienone is 19. The Balaban J connectivity index is 1.91. The van der Waals surface area contributed by atoms with Gasteiger partial charge in [0.2, 0.25) is 5.78 Å². The van der Waals surface area contributed by atoms with E-state index < -0.39 is 0 Å². The minimum atomic E-state index is -0.276. The Hall–Kier alpha value is -3.30. The fraction of sp³-hybridized carbons (Fsp3) is 0.450. The molecule has 0 aromatic rings. The maximum atomic E-state index is 12.2. The van der Waals surface area contributed by atoms with Crippen molar-refractivity contribution >= 4 is 11.6 Å². The van der Waals surface area contributed by atoms with Crippen LogP contribution in [0.2, 0.25) is 0 Å². The zero-order valence-electron chi connectivity index (χ0n) is 28.2. The molecule has 2 aliphatic carbocycles. The lowest BCUT2D eigenvalue weighted by Crippen LogP contribution is -2.43. The van der Waals surface area contributed by atoms with E-state index in [2.05, 4.69) is 122 Å². The highest BCUT2D eigenvalue weighted by Gasteiger charge is 2.44. The number of carbonyl (C=O) groups is 2. The molecule has 0 aliphatic heterocycles. The molecule has 43 heavy (non-hydrogen) atoms. The summed E-state index contributed by atoms with van der Waals surface area (Å²) in [6.45, 7) is 20.9. The van der Waals surface area contributed by atoms with Crippen LogP contribution in [-0.4, -0.2) is 22.8 Å². The maximum absolute atomic E-state index is 12.2. The van der Waals surface area contributed by atoms with E-state index in [1.54, 1.807) is 0 Å². The van der Waals surface area contributed by atoms with Crippen LogP contribution in [0.1, 0.15) is 88.5 Å². The van der Waals surface area contributed by atoms with Crippen LogP contribution in [0.5, 0.6) is 0 Å². The van der Waals surface area contributed by atoms with Crippen LogP contribution in [0.4, 0.5) is 0 Å². The minimum absolute atomic E-state index is 0.00557. The molecule has 3 unspecified atom stereocenters. The first-order valence-corrected chi connectivity index (χ1v) is 15.6. The highest BCUT2D eigenvalue weighted by Crippen LogP contribution is 2.42. The predicted molar refractivity (Wildman–Crippen MR) is 184 cm³/mol.